The van der Waals surface area contributed by atoms with Crippen molar-refractivity contribution < 1.29 is 0 Å². The van der Waals surface area contributed by atoms with E-state index in [1.165, 1.54) is 0 Å². The van der Waals surface area contributed by atoms with Crippen LogP contribution in [0.5, 0.6) is 0 Å². The molecule has 0 saturated heterocycles. The van der Waals surface area contributed by atoms with E-state index in [2.05, 4.69) is 21.9 Å². The van der Waals surface area contributed by atoms with Gasteiger partial charge in [0.05, 0.1) is 0 Å². The summed E-state index contributed by atoms with van der Waals surface area (Å²) in [6.45, 7) is 8.39. The first kappa shape index (κ1) is 9.71. The quantitative estimate of drug-likeness (QED) is 0.565. The molecule has 0 unspecified atom stereocenters. The minimum atomic E-state index is 0.807. The normalized spacial score (nSPS) is 9.69. The molecule has 0 aliphatic rings. The van der Waals surface area contributed by atoms with Crippen molar-refractivity contribution in [1.29, 1.82) is 0 Å². The van der Waals surface area contributed by atoms with Crippen LogP contribution in [0.2, 0.25) is 0 Å². The summed E-state index contributed by atoms with van der Waals surface area (Å²) in [5, 5.41) is 3.20. The lowest BCUT2D eigenvalue weighted by atomic mass is 10.4. The Hall–Kier alpha value is -1.38. The maximum atomic E-state index is 4.25. The third kappa shape index (κ3) is 3.23. The van der Waals surface area contributed by atoms with Crippen molar-refractivity contribution in [2.75, 3.05) is 11.9 Å². The predicted octanol–water partition coefficient (Wildman–Crippen LogP) is 2.08. The second kappa shape index (κ2) is 4.60. The number of hydrogen-bond donors (Lipinski definition) is 1. The number of aromatic nitrogens is 2. The summed E-state index contributed by atoms with van der Waals surface area (Å²) in [6.07, 6.45) is 2.83. The van der Waals surface area contributed by atoms with E-state index < -0.39 is 0 Å². The Kier molecular flexibility index (Phi) is 3.43. The maximum Gasteiger partial charge on any atom is 0.129 e. The minimum Gasteiger partial charge on any atom is -0.370 e. The summed E-state index contributed by atoms with van der Waals surface area (Å²) in [7, 11) is 0. The zero-order valence-corrected chi connectivity index (χ0v) is 8.17. The number of hydrogen-bond acceptors (Lipinski definition) is 3. The fraction of sp³-hybridized carbons (Fsp3) is 0.400. The van der Waals surface area contributed by atoms with Crippen LogP contribution in [0.1, 0.15) is 17.9 Å². The van der Waals surface area contributed by atoms with Crippen LogP contribution in [0.25, 0.3) is 0 Å². The first-order valence-corrected chi connectivity index (χ1v) is 4.39. The van der Waals surface area contributed by atoms with Crippen molar-refractivity contribution in [3.63, 3.8) is 0 Å². The molecule has 1 heterocycles. The van der Waals surface area contributed by atoms with E-state index in [4.69, 9.17) is 0 Å². The predicted molar refractivity (Wildman–Crippen MR) is 54.8 cm³/mol. The summed E-state index contributed by atoms with van der Waals surface area (Å²) >= 11 is 0. The van der Waals surface area contributed by atoms with Crippen molar-refractivity contribution in [1.82, 2.24) is 9.97 Å². The van der Waals surface area contributed by atoms with Crippen molar-refractivity contribution in [3.05, 3.63) is 30.2 Å². The summed E-state index contributed by atoms with van der Waals surface area (Å²) in [4.78, 5) is 8.44. The van der Waals surface area contributed by atoms with Gasteiger partial charge in [0.25, 0.3) is 0 Å². The van der Waals surface area contributed by atoms with E-state index in [1.807, 2.05) is 26.0 Å². The lowest BCUT2D eigenvalue weighted by Gasteiger charge is -2.04. The third-order valence-electron chi connectivity index (χ3n) is 1.62. The number of nitrogens with one attached hydrogen (secondary N) is 1. The third-order valence-corrected chi connectivity index (χ3v) is 1.62. The van der Waals surface area contributed by atoms with Crippen LogP contribution in [0, 0.1) is 13.8 Å². The number of aryl methyl sites for hydroxylation is 2. The average molecular weight is 177 g/mol. The summed E-state index contributed by atoms with van der Waals surface area (Å²) in [5.74, 6) is 1.70. The average Bonchev–Trinajstić information content (AvgIpc) is 2.03. The fourth-order valence-corrected chi connectivity index (χ4v) is 1.11. The Balaban J connectivity index is 2.60. The van der Waals surface area contributed by atoms with Gasteiger partial charge in [-0.2, -0.15) is 0 Å². The van der Waals surface area contributed by atoms with Crippen LogP contribution in [0.4, 0.5) is 5.82 Å². The van der Waals surface area contributed by atoms with Gasteiger partial charge in [0.1, 0.15) is 11.6 Å². The molecule has 0 aromatic carbocycles. The number of nitrogens with zero attached hydrogens (tertiary/aromatic N) is 2. The van der Waals surface area contributed by atoms with Crippen LogP contribution in [-0.4, -0.2) is 16.5 Å². The summed E-state index contributed by atoms with van der Waals surface area (Å²) in [6, 6.07) is 1.94. The molecule has 0 saturated carbocycles. The molecule has 0 aliphatic heterocycles. The number of anilines is 1. The maximum absolute atomic E-state index is 4.25. The van der Waals surface area contributed by atoms with E-state index in [1.54, 1.807) is 0 Å². The van der Waals surface area contributed by atoms with E-state index in [9.17, 15) is 0 Å². The molecule has 70 valence electrons. The fourth-order valence-electron chi connectivity index (χ4n) is 1.11. The van der Waals surface area contributed by atoms with Crippen LogP contribution in [0.3, 0.4) is 0 Å². The van der Waals surface area contributed by atoms with Gasteiger partial charge >= 0.3 is 0 Å². The monoisotopic (exact) mass is 177 g/mol. The highest BCUT2D eigenvalue weighted by atomic mass is 15.0. The molecular weight excluding hydrogens is 162 g/mol. The van der Waals surface area contributed by atoms with Gasteiger partial charge in [-0.05, 0) is 20.3 Å². The first-order valence-electron chi connectivity index (χ1n) is 4.39. The topological polar surface area (TPSA) is 37.8 Å². The van der Waals surface area contributed by atoms with E-state index >= 15 is 0 Å². The molecule has 0 amide bonds. The number of rotatable bonds is 4. The second-order valence-electron chi connectivity index (χ2n) is 2.95. The lowest BCUT2D eigenvalue weighted by Crippen LogP contribution is -2.04. The van der Waals surface area contributed by atoms with Crippen LogP contribution in [0.15, 0.2) is 18.7 Å². The van der Waals surface area contributed by atoms with E-state index in [-0.39, 0.29) is 0 Å². The SMILES string of the molecule is C=CCCNc1cc(C)nc(C)n1. The molecule has 0 fully saturated rings. The molecule has 13 heavy (non-hydrogen) atoms. The van der Waals surface area contributed by atoms with Gasteiger partial charge < -0.3 is 5.32 Å². The molecule has 3 heteroatoms. The zero-order valence-electron chi connectivity index (χ0n) is 8.17. The van der Waals surface area contributed by atoms with Gasteiger partial charge in [-0.1, -0.05) is 6.08 Å². The van der Waals surface area contributed by atoms with Crippen molar-refractivity contribution in [3.8, 4) is 0 Å². The summed E-state index contributed by atoms with van der Waals surface area (Å²) in [5.41, 5.74) is 0.994. The van der Waals surface area contributed by atoms with Crippen molar-refractivity contribution >= 4 is 5.82 Å². The van der Waals surface area contributed by atoms with Crippen molar-refractivity contribution in [2.24, 2.45) is 0 Å². The summed E-state index contributed by atoms with van der Waals surface area (Å²) < 4.78 is 0. The Morgan fingerprint density at radius 1 is 1.46 bits per heavy atom. The van der Waals surface area contributed by atoms with Gasteiger partial charge in [-0.3, -0.25) is 0 Å². The molecule has 0 bridgehead atoms. The highest BCUT2D eigenvalue weighted by molar-refractivity contribution is 5.35. The molecule has 3 nitrogen and oxygen atoms in total. The molecule has 1 aromatic heterocycles. The molecule has 0 aliphatic carbocycles. The molecule has 1 N–H and O–H groups in total. The molecule has 0 spiro atoms. The highest BCUT2D eigenvalue weighted by Crippen LogP contribution is 2.05. The molecule has 0 atom stereocenters. The molecule has 1 rings (SSSR count). The van der Waals surface area contributed by atoms with E-state index in [0.717, 1.165) is 30.3 Å². The Morgan fingerprint density at radius 2 is 2.23 bits per heavy atom. The zero-order chi connectivity index (χ0) is 9.68. The van der Waals surface area contributed by atoms with Crippen LogP contribution >= 0.6 is 0 Å². The molecule has 1 aromatic rings. The Labute approximate surface area is 78.9 Å². The van der Waals surface area contributed by atoms with Gasteiger partial charge in [0, 0.05) is 18.3 Å². The van der Waals surface area contributed by atoms with Gasteiger partial charge in [-0.15, -0.1) is 6.58 Å². The highest BCUT2D eigenvalue weighted by Gasteiger charge is 1.96. The van der Waals surface area contributed by atoms with Gasteiger partial charge in [0.2, 0.25) is 0 Å². The largest absolute Gasteiger partial charge is 0.370 e. The van der Waals surface area contributed by atoms with Gasteiger partial charge in [-0.25, -0.2) is 9.97 Å². The Morgan fingerprint density at radius 3 is 2.85 bits per heavy atom. The minimum absolute atomic E-state index is 0.807. The lowest BCUT2D eigenvalue weighted by molar-refractivity contribution is 0.981. The van der Waals surface area contributed by atoms with Crippen LogP contribution in [-0.2, 0) is 0 Å². The van der Waals surface area contributed by atoms with Gasteiger partial charge in [0.15, 0.2) is 0 Å². The molecular formula is C10H15N3. The standard InChI is InChI=1S/C10H15N3/c1-4-5-6-11-10-7-8(2)12-9(3)13-10/h4,7H,1,5-6H2,2-3H3,(H,11,12,13). The van der Waals surface area contributed by atoms with Crippen molar-refractivity contribution in [2.45, 2.75) is 20.3 Å². The van der Waals surface area contributed by atoms with E-state index in [0.29, 0.717) is 0 Å². The van der Waals surface area contributed by atoms with Crippen LogP contribution < -0.4 is 5.32 Å². The first-order chi connectivity index (χ1) is 6.22. The molecule has 0 radical (unpaired) electrons. The Bertz CT molecular complexity index is 274. The second-order valence-corrected chi connectivity index (χ2v) is 2.95. The smallest absolute Gasteiger partial charge is 0.129 e.